The second kappa shape index (κ2) is 17.2. The summed E-state index contributed by atoms with van der Waals surface area (Å²) in [7, 11) is 0. The lowest BCUT2D eigenvalue weighted by atomic mass is 9.87. The normalized spacial score (nSPS) is 15.2. The SMILES string of the molecule is CC(C)c1cc(-c2ccccc2)cc(C(C)C)c1-n1c2[n+](c3ccccc31)C1(c3cc(F)ccc3-c3n(-c4cc5ccc4CCc4ccc(cc4)CC5)c4ccccc4[n+]31)c1ccc3c(oc4cc(-c5ccccc5)ccc43)c1-2. The van der Waals surface area contributed by atoms with Crippen LogP contribution in [0.2, 0.25) is 0 Å². The van der Waals surface area contributed by atoms with Gasteiger partial charge in [-0.05, 0) is 167 Å². The van der Waals surface area contributed by atoms with Gasteiger partial charge in [0, 0.05) is 21.9 Å². The van der Waals surface area contributed by atoms with E-state index in [9.17, 15) is 0 Å². The van der Waals surface area contributed by atoms with Crippen LogP contribution in [-0.4, -0.2) is 9.13 Å². The Kier molecular flexibility index (Phi) is 10.0. The molecule has 79 heavy (non-hydrogen) atoms. The molecule has 0 N–H and O–H groups in total. The number of nitrogens with zero attached hydrogens (tertiary/aromatic N) is 4. The molecule has 0 saturated heterocycles. The summed E-state index contributed by atoms with van der Waals surface area (Å²) in [6.07, 6.45) is 3.66. The maximum Gasteiger partial charge on any atom is 0.309 e. The molecule has 6 aliphatic rings. The van der Waals surface area contributed by atoms with Gasteiger partial charge in [0.05, 0.1) is 16.7 Å². The monoisotopic (exact) mass is 1020 g/mol. The molecular formula is C73H57FN4O+2. The number of hydrogen-bond acceptors (Lipinski definition) is 1. The summed E-state index contributed by atoms with van der Waals surface area (Å²) in [6.45, 7) is 9.30. The van der Waals surface area contributed by atoms with E-state index in [0.29, 0.717) is 0 Å². The van der Waals surface area contributed by atoms with E-state index in [1.165, 1.54) is 55.9 Å². The van der Waals surface area contributed by atoms with Crippen LogP contribution in [-0.2, 0) is 31.3 Å². The Labute approximate surface area is 458 Å². The third kappa shape index (κ3) is 6.55. The number of rotatable bonds is 6. The van der Waals surface area contributed by atoms with Crippen molar-refractivity contribution in [2.24, 2.45) is 0 Å². The van der Waals surface area contributed by atoms with Crippen LogP contribution in [0.1, 0.15) is 84.0 Å². The minimum absolute atomic E-state index is 0.157. The number of halogens is 1. The maximum atomic E-state index is 17.0. The van der Waals surface area contributed by atoms with E-state index >= 15 is 4.39 Å². The quantitative estimate of drug-likeness (QED) is 0.153. The van der Waals surface area contributed by atoms with E-state index in [4.69, 9.17) is 4.42 Å². The molecule has 6 heteroatoms. The number of aryl methyl sites for hydroxylation is 4. The zero-order valence-electron chi connectivity index (χ0n) is 44.8. The summed E-state index contributed by atoms with van der Waals surface area (Å²) in [5.74, 6) is 2.05. The molecule has 10 aromatic carbocycles. The fraction of sp³-hybridized carbons (Fsp3) is 0.151. The van der Waals surface area contributed by atoms with Gasteiger partial charge >= 0.3 is 11.5 Å². The van der Waals surface area contributed by atoms with Crippen LogP contribution in [0.3, 0.4) is 0 Å². The number of furan rings is 1. The Balaban J connectivity index is 1.08. The molecule has 19 rings (SSSR count). The van der Waals surface area contributed by atoms with Gasteiger partial charge in [0.15, 0.2) is 27.6 Å². The first-order valence-electron chi connectivity index (χ1n) is 28.2. The lowest BCUT2D eigenvalue weighted by molar-refractivity contribution is -0.933. The molecule has 0 saturated carbocycles. The molecule has 0 amide bonds. The van der Waals surface area contributed by atoms with Crippen LogP contribution in [0.25, 0.3) is 100 Å². The summed E-state index contributed by atoms with van der Waals surface area (Å²) in [4.78, 5) is 0. The van der Waals surface area contributed by atoms with Gasteiger partial charge in [0.25, 0.3) is 5.82 Å². The largest absolute Gasteiger partial charge is 0.455 e. The Morgan fingerprint density at radius 2 is 1.05 bits per heavy atom. The maximum absolute atomic E-state index is 17.0. The fourth-order valence-corrected chi connectivity index (χ4v) is 14.1. The van der Waals surface area contributed by atoms with Crippen molar-refractivity contribution >= 4 is 44.0 Å². The molecule has 0 fully saturated rings. The second-order valence-electron chi connectivity index (χ2n) is 22.8. The van der Waals surface area contributed by atoms with Gasteiger partial charge in [-0.3, -0.25) is 0 Å². The zero-order valence-corrected chi connectivity index (χ0v) is 44.8. The van der Waals surface area contributed by atoms with Gasteiger partial charge in [0.1, 0.15) is 28.3 Å². The molecule has 0 radical (unpaired) electrons. The van der Waals surface area contributed by atoms with E-state index in [1.807, 2.05) is 12.1 Å². The van der Waals surface area contributed by atoms with Crippen molar-refractivity contribution in [3.05, 3.63) is 263 Å². The Bertz CT molecular complexity index is 4640. The lowest BCUT2D eigenvalue weighted by Gasteiger charge is -2.23. The first-order chi connectivity index (χ1) is 38.7. The molecule has 4 bridgehead atoms. The smallest absolute Gasteiger partial charge is 0.309 e. The van der Waals surface area contributed by atoms with Crippen molar-refractivity contribution in [1.82, 2.24) is 9.13 Å². The lowest BCUT2D eigenvalue weighted by Crippen LogP contribution is -2.71. The molecule has 5 nitrogen and oxygen atoms in total. The van der Waals surface area contributed by atoms with Crippen LogP contribution in [0.5, 0.6) is 0 Å². The molecule has 3 aromatic heterocycles. The highest BCUT2D eigenvalue weighted by Crippen LogP contribution is 2.55. The Morgan fingerprint density at radius 1 is 0.468 bits per heavy atom. The highest BCUT2D eigenvalue weighted by atomic mass is 19.1. The molecule has 380 valence electrons. The number of imidazole rings is 2. The van der Waals surface area contributed by atoms with Gasteiger partial charge in [-0.2, -0.15) is 18.3 Å². The van der Waals surface area contributed by atoms with Crippen LogP contribution in [0, 0.1) is 5.82 Å². The van der Waals surface area contributed by atoms with Crippen molar-refractivity contribution in [3.8, 4) is 56.4 Å². The van der Waals surface area contributed by atoms with E-state index in [2.05, 4.69) is 240 Å². The van der Waals surface area contributed by atoms with Crippen LogP contribution >= 0.6 is 0 Å². The van der Waals surface area contributed by atoms with E-state index < -0.39 is 5.66 Å². The number of benzene rings is 10. The van der Waals surface area contributed by atoms with Gasteiger partial charge in [-0.25, -0.2) is 4.39 Å². The molecule has 1 spiro atoms. The van der Waals surface area contributed by atoms with Crippen molar-refractivity contribution in [1.29, 1.82) is 0 Å². The Morgan fingerprint density at radius 3 is 1.73 bits per heavy atom. The van der Waals surface area contributed by atoms with Gasteiger partial charge < -0.3 is 4.42 Å². The van der Waals surface area contributed by atoms with Crippen LogP contribution in [0.15, 0.2) is 217 Å². The molecule has 2 aliphatic heterocycles. The van der Waals surface area contributed by atoms with Crippen molar-refractivity contribution in [2.45, 2.75) is 70.9 Å². The molecule has 1 unspecified atom stereocenters. The standard InChI is InChI=1S/C73H57FN4O/c1-44(2)58-40-53(50-17-9-6-10-18-50)41-59(45(3)4)69(58)76-63-20-12-14-22-65(63)78-72(76)68-60(38-37-56-55-35-33-52(42-67(55)79-70(56)68)49-15-7-5-8-16-49)73(78)61-43-54(74)34-36-57(61)71-75(62-19-11-13-21-64(62)77(71)73)66-39-48-28-27-46-23-25-47(26-24-46)29-31-51(66)32-30-48/h5-26,30,32-45H,27-29,31H2,1-4H3/q+2. The van der Waals surface area contributed by atoms with Gasteiger partial charge in [0.2, 0.25) is 0 Å². The molecule has 5 heterocycles. The summed E-state index contributed by atoms with van der Waals surface area (Å²) >= 11 is 0. The predicted octanol–water partition coefficient (Wildman–Crippen LogP) is 16.9. The average molecular weight is 1030 g/mol. The first-order valence-corrected chi connectivity index (χ1v) is 28.2. The van der Waals surface area contributed by atoms with Crippen molar-refractivity contribution < 1.29 is 17.9 Å². The van der Waals surface area contributed by atoms with Gasteiger partial charge in [-0.15, -0.1) is 0 Å². The van der Waals surface area contributed by atoms with E-state index in [1.54, 1.807) is 6.07 Å². The van der Waals surface area contributed by atoms with E-state index in [-0.39, 0.29) is 17.7 Å². The third-order valence-corrected chi connectivity index (χ3v) is 17.7. The molecule has 1 atom stereocenters. The fourth-order valence-electron chi connectivity index (χ4n) is 14.1. The van der Waals surface area contributed by atoms with Crippen LogP contribution in [0.4, 0.5) is 4.39 Å². The Hall–Kier alpha value is -9.13. The molecular weight excluding hydrogens is 968 g/mol. The second-order valence-corrected chi connectivity index (χ2v) is 22.8. The average Bonchev–Trinajstić information content (AvgIpc) is 2.39. The number of hydrogen-bond donors (Lipinski definition) is 0. The van der Waals surface area contributed by atoms with Gasteiger partial charge in [-0.1, -0.05) is 155 Å². The predicted molar refractivity (Wildman–Crippen MR) is 317 cm³/mol. The zero-order chi connectivity index (χ0) is 52.8. The van der Waals surface area contributed by atoms with Crippen molar-refractivity contribution in [3.63, 3.8) is 0 Å². The summed E-state index contributed by atoms with van der Waals surface area (Å²) in [5.41, 5.74) is 23.4. The topological polar surface area (TPSA) is 30.8 Å². The highest BCUT2D eigenvalue weighted by molar-refractivity contribution is 6.11. The van der Waals surface area contributed by atoms with Crippen LogP contribution < -0.4 is 9.13 Å². The first kappa shape index (κ1) is 46.0. The summed E-state index contributed by atoms with van der Waals surface area (Å²) in [6, 6.07) is 77.2. The van der Waals surface area contributed by atoms with Crippen molar-refractivity contribution in [2.75, 3.05) is 0 Å². The minimum Gasteiger partial charge on any atom is -0.455 e. The molecule has 13 aromatic rings. The third-order valence-electron chi connectivity index (χ3n) is 17.7. The minimum atomic E-state index is -1.14. The summed E-state index contributed by atoms with van der Waals surface area (Å²) in [5, 5.41) is 2.09. The number of aromatic nitrogens is 4. The highest BCUT2D eigenvalue weighted by Gasteiger charge is 2.67. The number of fused-ring (bicyclic) bond motifs is 18. The molecule has 4 aliphatic carbocycles. The summed E-state index contributed by atoms with van der Waals surface area (Å²) < 4.78 is 34.8. The number of para-hydroxylation sites is 4. The van der Waals surface area contributed by atoms with E-state index in [0.717, 1.165) is 115 Å².